The highest BCUT2D eigenvalue weighted by molar-refractivity contribution is 5.93. The summed E-state index contributed by atoms with van der Waals surface area (Å²) in [6.07, 6.45) is 4.36. The van der Waals surface area contributed by atoms with E-state index in [0.29, 0.717) is 16.7 Å². The van der Waals surface area contributed by atoms with Crippen molar-refractivity contribution < 1.29 is 9.90 Å². The van der Waals surface area contributed by atoms with Gasteiger partial charge >= 0.3 is 6.09 Å². The molecule has 30 heavy (non-hydrogen) atoms. The van der Waals surface area contributed by atoms with Crippen molar-refractivity contribution in [2.45, 2.75) is 58.2 Å². The Hall–Kier alpha value is -3.16. The van der Waals surface area contributed by atoms with Crippen molar-refractivity contribution in [1.82, 2.24) is 24.2 Å². The summed E-state index contributed by atoms with van der Waals surface area (Å²) in [7, 11) is 1.84. The molecule has 1 aliphatic carbocycles. The number of hydrogen-bond donors (Lipinski definition) is 1. The Morgan fingerprint density at radius 3 is 2.53 bits per heavy atom. The molecule has 1 aromatic carbocycles. The van der Waals surface area contributed by atoms with Gasteiger partial charge in [0.1, 0.15) is 5.82 Å². The number of aromatic nitrogens is 4. The molecule has 2 aromatic heterocycles. The van der Waals surface area contributed by atoms with Gasteiger partial charge in [-0.25, -0.2) is 9.78 Å². The van der Waals surface area contributed by atoms with Crippen LogP contribution in [0.3, 0.4) is 0 Å². The summed E-state index contributed by atoms with van der Waals surface area (Å²) in [6.45, 7) is 7.34. The number of carbonyl (C=O) groups is 1. The van der Waals surface area contributed by atoms with E-state index in [1.807, 2.05) is 52.2 Å². The third-order valence-corrected chi connectivity index (χ3v) is 5.57. The summed E-state index contributed by atoms with van der Waals surface area (Å²) in [4.78, 5) is 32.0. The molecule has 158 valence electrons. The number of rotatable bonds is 4. The molecule has 8 nitrogen and oxygen atoms in total. The lowest BCUT2D eigenvalue weighted by Gasteiger charge is -2.38. The van der Waals surface area contributed by atoms with Crippen molar-refractivity contribution in [3.63, 3.8) is 0 Å². The Kier molecular flexibility index (Phi) is 4.67. The van der Waals surface area contributed by atoms with Crippen molar-refractivity contribution in [3.05, 3.63) is 46.8 Å². The highest BCUT2D eigenvalue weighted by Gasteiger charge is 2.37. The Bertz CT molecular complexity index is 1180. The fourth-order valence-electron chi connectivity index (χ4n) is 4.19. The first-order valence-corrected chi connectivity index (χ1v) is 10.2. The molecule has 3 aromatic rings. The maximum absolute atomic E-state index is 13.7. The van der Waals surface area contributed by atoms with Crippen LogP contribution in [0.15, 0.2) is 35.4 Å². The highest BCUT2D eigenvalue weighted by atomic mass is 16.4. The molecule has 1 N–H and O–H groups in total. The van der Waals surface area contributed by atoms with Crippen LogP contribution in [0.1, 0.15) is 58.4 Å². The number of amides is 1. The maximum Gasteiger partial charge on any atom is 0.408 e. The highest BCUT2D eigenvalue weighted by Crippen LogP contribution is 2.38. The molecule has 1 fully saturated rings. The SMILES string of the molecule is C[C@@H](c1nc2cccc(-c3cnn(C)c3)c2c(=O)n1C1CC1)N(C(=O)O)C(C)(C)C. The predicted octanol–water partition coefficient (Wildman–Crippen LogP) is 3.97. The van der Waals surface area contributed by atoms with Gasteiger partial charge in [-0.3, -0.25) is 18.9 Å². The van der Waals surface area contributed by atoms with Crippen LogP contribution in [0.4, 0.5) is 4.79 Å². The summed E-state index contributed by atoms with van der Waals surface area (Å²) in [5, 5.41) is 14.6. The van der Waals surface area contributed by atoms with E-state index in [1.165, 1.54) is 4.90 Å². The first-order chi connectivity index (χ1) is 14.1. The van der Waals surface area contributed by atoms with E-state index in [0.717, 1.165) is 24.0 Å². The Labute approximate surface area is 174 Å². The summed E-state index contributed by atoms with van der Waals surface area (Å²) in [5.41, 5.74) is 1.45. The van der Waals surface area contributed by atoms with Gasteiger partial charge in [0, 0.05) is 30.4 Å². The second-order valence-electron chi connectivity index (χ2n) is 8.98. The van der Waals surface area contributed by atoms with Crippen LogP contribution in [0.5, 0.6) is 0 Å². The van der Waals surface area contributed by atoms with Gasteiger partial charge in [0.15, 0.2) is 0 Å². The molecule has 1 saturated carbocycles. The van der Waals surface area contributed by atoms with E-state index >= 15 is 0 Å². The zero-order valence-corrected chi connectivity index (χ0v) is 18.0. The normalized spacial score (nSPS) is 15.4. The molecule has 4 rings (SSSR count). The molecule has 8 heteroatoms. The van der Waals surface area contributed by atoms with Crippen molar-refractivity contribution in [1.29, 1.82) is 0 Å². The van der Waals surface area contributed by atoms with E-state index < -0.39 is 17.7 Å². The molecule has 2 heterocycles. The van der Waals surface area contributed by atoms with Crippen LogP contribution in [0.25, 0.3) is 22.0 Å². The van der Waals surface area contributed by atoms with Crippen LogP contribution >= 0.6 is 0 Å². The molecule has 0 aliphatic heterocycles. The molecule has 0 bridgehead atoms. The van der Waals surface area contributed by atoms with Crippen LogP contribution in [0.2, 0.25) is 0 Å². The first kappa shape index (κ1) is 20.1. The summed E-state index contributed by atoms with van der Waals surface area (Å²) in [5.74, 6) is 0.496. The van der Waals surface area contributed by atoms with Crippen LogP contribution < -0.4 is 5.56 Å². The average Bonchev–Trinajstić information content (AvgIpc) is 3.39. The van der Waals surface area contributed by atoms with Crippen LogP contribution in [-0.4, -0.2) is 41.0 Å². The topological polar surface area (TPSA) is 93.3 Å². The van der Waals surface area contributed by atoms with Crippen molar-refractivity contribution >= 4 is 17.0 Å². The molecule has 1 atom stereocenters. The Morgan fingerprint density at radius 2 is 2.00 bits per heavy atom. The lowest BCUT2D eigenvalue weighted by Crippen LogP contribution is -2.47. The summed E-state index contributed by atoms with van der Waals surface area (Å²) < 4.78 is 3.42. The van der Waals surface area contributed by atoms with Crippen molar-refractivity contribution in [2.75, 3.05) is 0 Å². The molecular weight excluding hydrogens is 382 g/mol. The number of benzene rings is 1. The largest absolute Gasteiger partial charge is 0.465 e. The summed E-state index contributed by atoms with van der Waals surface area (Å²) in [6, 6.07) is 5.08. The summed E-state index contributed by atoms with van der Waals surface area (Å²) >= 11 is 0. The lowest BCUT2D eigenvalue weighted by atomic mass is 10.0. The fourth-order valence-corrected chi connectivity index (χ4v) is 4.19. The van der Waals surface area contributed by atoms with Crippen molar-refractivity contribution in [3.8, 4) is 11.1 Å². The van der Waals surface area contributed by atoms with E-state index in [1.54, 1.807) is 22.4 Å². The number of fused-ring (bicyclic) bond motifs is 1. The monoisotopic (exact) mass is 409 g/mol. The minimum atomic E-state index is -1.03. The third kappa shape index (κ3) is 3.36. The zero-order valence-electron chi connectivity index (χ0n) is 18.0. The second kappa shape index (κ2) is 6.97. The van der Waals surface area contributed by atoms with E-state index in [2.05, 4.69) is 5.10 Å². The first-order valence-electron chi connectivity index (χ1n) is 10.2. The minimum Gasteiger partial charge on any atom is -0.465 e. The lowest BCUT2D eigenvalue weighted by molar-refractivity contribution is 0.0711. The minimum absolute atomic E-state index is 0.0596. The van der Waals surface area contributed by atoms with E-state index in [4.69, 9.17) is 4.98 Å². The number of hydrogen-bond acceptors (Lipinski definition) is 4. The van der Waals surface area contributed by atoms with Crippen molar-refractivity contribution in [2.24, 2.45) is 7.05 Å². The number of carboxylic acid groups (broad SMARTS) is 1. The quantitative estimate of drug-likeness (QED) is 0.704. The van der Waals surface area contributed by atoms with Gasteiger partial charge in [-0.2, -0.15) is 5.10 Å². The number of aryl methyl sites for hydroxylation is 1. The van der Waals surface area contributed by atoms with Crippen LogP contribution in [-0.2, 0) is 7.05 Å². The smallest absolute Gasteiger partial charge is 0.408 e. The van der Waals surface area contributed by atoms with Gasteiger partial charge in [0.25, 0.3) is 5.56 Å². The molecule has 1 aliphatic rings. The standard InChI is InChI=1S/C22H27N5O3/c1-13(27(21(29)30)22(2,3)4)19-24-17-8-6-7-16(14-11-23-25(5)12-14)18(17)20(28)26(19)15-9-10-15/h6-8,11-13,15H,9-10H2,1-5H3,(H,29,30)/t13-/m0/s1. The predicted molar refractivity (Wildman–Crippen MR) is 115 cm³/mol. The fraction of sp³-hybridized carbons (Fsp3) is 0.455. The Balaban J connectivity index is 1.98. The van der Waals surface area contributed by atoms with Gasteiger partial charge in [0.2, 0.25) is 0 Å². The Morgan fingerprint density at radius 1 is 1.30 bits per heavy atom. The number of nitrogens with zero attached hydrogens (tertiary/aromatic N) is 5. The molecule has 0 saturated heterocycles. The van der Waals surface area contributed by atoms with E-state index in [-0.39, 0.29) is 11.6 Å². The molecule has 0 spiro atoms. The van der Waals surface area contributed by atoms with Gasteiger partial charge in [-0.1, -0.05) is 12.1 Å². The van der Waals surface area contributed by atoms with E-state index in [9.17, 15) is 14.7 Å². The maximum atomic E-state index is 13.7. The van der Waals surface area contributed by atoms with Gasteiger partial charge < -0.3 is 5.11 Å². The van der Waals surface area contributed by atoms with Crippen LogP contribution in [0, 0.1) is 0 Å². The second-order valence-corrected chi connectivity index (χ2v) is 8.98. The molecule has 1 amide bonds. The van der Waals surface area contributed by atoms with Gasteiger partial charge in [-0.15, -0.1) is 0 Å². The molecule has 0 radical (unpaired) electrons. The molecule has 0 unspecified atom stereocenters. The third-order valence-electron chi connectivity index (χ3n) is 5.57. The van der Waals surface area contributed by atoms with Gasteiger partial charge in [-0.05, 0) is 52.2 Å². The molecular formula is C22H27N5O3. The van der Waals surface area contributed by atoms with Gasteiger partial charge in [0.05, 0.1) is 23.1 Å². The average molecular weight is 409 g/mol. The zero-order chi connectivity index (χ0) is 21.8.